The van der Waals surface area contributed by atoms with E-state index in [-0.39, 0.29) is 5.91 Å². The predicted molar refractivity (Wildman–Crippen MR) is 69.6 cm³/mol. The van der Waals surface area contributed by atoms with E-state index < -0.39 is 0 Å². The van der Waals surface area contributed by atoms with Gasteiger partial charge in [0.2, 0.25) is 5.13 Å². The average Bonchev–Trinajstić information content (AvgIpc) is 2.73. The van der Waals surface area contributed by atoms with E-state index >= 15 is 0 Å². The zero-order chi connectivity index (χ0) is 12.3. The van der Waals surface area contributed by atoms with Crippen molar-refractivity contribution < 1.29 is 4.79 Å². The molecular weight excluding hydrogens is 304 g/mol. The van der Waals surface area contributed by atoms with E-state index in [1.54, 1.807) is 6.07 Å². The minimum Gasteiger partial charge on any atom is -0.374 e. The van der Waals surface area contributed by atoms with E-state index in [1.165, 1.54) is 11.3 Å². The molecule has 1 aromatic heterocycles. The fourth-order valence-corrected chi connectivity index (χ4v) is 2.25. The lowest BCUT2D eigenvalue weighted by atomic mass is 10.2. The van der Waals surface area contributed by atoms with Gasteiger partial charge in [-0.05, 0) is 28.1 Å². The summed E-state index contributed by atoms with van der Waals surface area (Å²) in [6.45, 7) is 0.328. The number of anilines is 1. The molecule has 17 heavy (non-hydrogen) atoms. The standard InChI is InChI=1S/C10H9BrN4OS/c11-7-4-2-1-3-6(7)9(16)13-5-8-14-15-10(12)17-8/h1-4H,5H2,(H2,12,15)(H,13,16). The van der Waals surface area contributed by atoms with Gasteiger partial charge in [-0.1, -0.05) is 23.5 Å². The van der Waals surface area contributed by atoms with E-state index in [2.05, 4.69) is 31.4 Å². The van der Waals surface area contributed by atoms with Crippen molar-refractivity contribution in [1.29, 1.82) is 0 Å². The van der Waals surface area contributed by atoms with Gasteiger partial charge < -0.3 is 11.1 Å². The Hall–Kier alpha value is -1.47. The minimum absolute atomic E-state index is 0.161. The highest BCUT2D eigenvalue weighted by Gasteiger charge is 2.09. The van der Waals surface area contributed by atoms with Crippen LogP contribution in [0.5, 0.6) is 0 Å². The van der Waals surface area contributed by atoms with Crippen LogP contribution in [0.4, 0.5) is 5.13 Å². The summed E-state index contributed by atoms with van der Waals surface area (Å²) in [6, 6.07) is 7.22. The summed E-state index contributed by atoms with van der Waals surface area (Å²) in [5, 5.41) is 11.3. The largest absolute Gasteiger partial charge is 0.374 e. The van der Waals surface area contributed by atoms with E-state index in [9.17, 15) is 4.79 Å². The second kappa shape index (κ2) is 5.24. The first-order valence-corrected chi connectivity index (χ1v) is 6.38. The summed E-state index contributed by atoms with van der Waals surface area (Å²) in [7, 11) is 0. The van der Waals surface area contributed by atoms with Gasteiger partial charge in [-0.2, -0.15) is 0 Å². The summed E-state index contributed by atoms with van der Waals surface area (Å²) < 4.78 is 0.759. The summed E-state index contributed by atoms with van der Waals surface area (Å²) >= 11 is 4.58. The van der Waals surface area contributed by atoms with Gasteiger partial charge in [0.1, 0.15) is 5.01 Å². The molecule has 1 aromatic carbocycles. The number of nitrogen functional groups attached to an aromatic ring is 1. The highest BCUT2D eigenvalue weighted by molar-refractivity contribution is 9.10. The summed E-state index contributed by atoms with van der Waals surface area (Å²) in [6.07, 6.45) is 0. The molecule has 2 aromatic rings. The molecule has 0 saturated heterocycles. The molecule has 88 valence electrons. The minimum atomic E-state index is -0.161. The number of benzene rings is 1. The number of hydrogen-bond acceptors (Lipinski definition) is 5. The highest BCUT2D eigenvalue weighted by atomic mass is 79.9. The van der Waals surface area contributed by atoms with Gasteiger partial charge in [0, 0.05) is 4.47 Å². The number of hydrogen-bond donors (Lipinski definition) is 2. The maximum absolute atomic E-state index is 11.8. The van der Waals surface area contributed by atoms with E-state index in [0.717, 1.165) is 4.47 Å². The Labute approximate surface area is 110 Å². The molecule has 0 aliphatic carbocycles. The van der Waals surface area contributed by atoms with Crippen molar-refractivity contribution in [2.45, 2.75) is 6.54 Å². The molecule has 2 rings (SSSR count). The van der Waals surface area contributed by atoms with Crippen LogP contribution >= 0.6 is 27.3 Å². The number of amides is 1. The maximum Gasteiger partial charge on any atom is 0.252 e. The number of carbonyl (C=O) groups is 1. The van der Waals surface area contributed by atoms with Crippen molar-refractivity contribution in [3.05, 3.63) is 39.3 Å². The van der Waals surface area contributed by atoms with Crippen LogP contribution in [0.1, 0.15) is 15.4 Å². The van der Waals surface area contributed by atoms with Crippen LogP contribution in [0.2, 0.25) is 0 Å². The Bertz CT molecular complexity index is 543. The Morgan fingerprint density at radius 2 is 2.18 bits per heavy atom. The second-order valence-electron chi connectivity index (χ2n) is 3.20. The van der Waals surface area contributed by atoms with Crippen LogP contribution in [0.15, 0.2) is 28.7 Å². The summed E-state index contributed by atoms with van der Waals surface area (Å²) in [4.78, 5) is 11.8. The third-order valence-corrected chi connectivity index (χ3v) is 3.45. The van der Waals surface area contributed by atoms with Crippen molar-refractivity contribution in [1.82, 2.24) is 15.5 Å². The Morgan fingerprint density at radius 3 is 2.82 bits per heavy atom. The average molecular weight is 313 g/mol. The second-order valence-corrected chi connectivity index (χ2v) is 5.14. The van der Waals surface area contributed by atoms with E-state index in [0.29, 0.717) is 22.2 Å². The highest BCUT2D eigenvalue weighted by Crippen LogP contribution is 2.16. The number of carbonyl (C=O) groups excluding carboxylic acids is 1. The number of nitrogens with zero attached hydrogens (tertiary/aromatic N) is 2. The molecule has 0 atom stereocenters. The lowest BCUT2D eigenvalue weighted by Gasteiger charge is -2.04. The zero-order valence-corrected chi connectivity index (χ0v) is 11.1. The van der Waals surface area contributed by atoms with Gasteiger partial charge in [0.25, 0.3) is 5.91 Å². The van der Waals surface area contributed by atoms with Gasteiger partial charge in [-0.15, -0.1) is 10.2 Å². The van der Waals surface area contributed by atoms with Gasteiger partial charge in [-0.3, -0.25) is 4.79 Å². The summed E-state index contributed by atoms with van der Waals surface area (Å²) in [5.41, 5.74) is 6.03. The van der Waals surface area contributed by atoms with Gasteiger partial charge in [0.15, 0.2) is 0 Å². The van der Waals surface area contributed by atoms with Crippen molar-refractivity contribution in [2.24, 2.45) is 0 Å². The Kier molecular flexibility index (Phi) is 3.70. The molecule has 1 amide bonds. The first kappa shape index (κ1) is 12.0. The molecular formula is C10H9BrN4OS. The molecule has 5 nitrogen and oxygen atoms in total. The van der Waals surface area contributed by atoms with Crippen LogP contribution in [-0.4, -0.2) is 16.1 Å². The third-order valence-electron chi connectivity index (χ3n) is 2.00. The smallest absolute Gasteiger partial charge is 0.252 e. The topological polar surface area (TPSA) is 80.9 Å². The van der Waals surface area contributed by atoms with Crippen LogP contribution in [0.3, 0.4) is 0 Å². The normalized spacial score (nSPS) is 10.2. The van der Waals surface area contributed by atoms with Gasteiger partial charge in [-0.25, -0.2) is 0 Å². The van der Waals surface area contributed by atoms with Crippen molar-refractivity contribution in [3.8, 4) is 0 Å². The van der Waals surface area contributed by atoms with Crippen LogP contribution < -0.4 is 11.1 Å². The lowest BCUT2D eigenvalue weighted by Crippen LogP contribution is -2.23. The van der Waals surface area contributed by atoms with Gasteiger partial charge in [0.05, 0.1) is 12.1 Å². The van der Waals surface area contributed by atoms with Gasteiger partial charge >= 0.3 is 0 Å². The predicted octanol–water partition coefficient (Wildman–Crippen LogP) is 1.81. The number of nitrogens with one attached hydrogen (secondary N) is 1. The van der Waals surface area contributed by atoms with E-state index in [1.807, 2.05) is 18.2 Å². The fraction of sp³-hybridized carbons (Fsp3) is 0.100. The quantitative estimate of drug-likeness (QED) is 0.905. The molecule has 0 bridgehead atoms. The molecule has 0 unspecified atom stereocenters. The molecule has 3 N–H and O–H groups in total. The number of halogens is 1. The van der Waals surface area contributed by atoms with Crippen LogP contribution in [0, 0.1) is 0 Å². The lowest BCUT2D eigenvalue weighted by molar-refractivity contribution is 0.0950. The first-order chi connectivity index (χ1) is 8.16. The third kappa shape index (κ3) is 3.01. The fourth-order valence-electron chi connectivity index (χ4n) is 1.23. The first-order valence-electron chi connectivity index (χ1n) is 4.77. The number of nitrogens with two attached hydrogens (primary N) is 1. The molecule has 0 spiro atoms. The van der Waals surface area contributed by atoms with Crippen molar-refractivity contribution in [3.63, 3.8) is 0 Å². The Morgan fingerprint density at radius 1 is 1.41 bits per heavy atom. The summed E-state index contributed by atoms with van der Waals surface area (Å²) in [5.74, 6) is -0.161. The number of aromatic nitrogens is 2. The van der Waals surface area contributed by atoms with Crippen molar-refractivity contribution >= 4 is 38.3 Å². The molecule has 0 aliphatic rings. The molecule has 7 heteroatoms. The monoisotopic (exact) mass is 312 g/mol. The molecule has 0 saturated carbocycles. The van der Waals surface area contributed by atoms with E-state index in [4.69, 9.17) is 5.73 Å². The molecule has 1 heterocycles. The van der Waals surface area contributed by atoms with Crippen LogP contribution in [0.25, 0.3) is 0 Å². The number of rotatable bonds is 3. The molecule has 0 fully saturated rings. The van der Waals surface area contributed by atoms with Crippen molar-refractivity contribution in [2.75, 3.05) is 5.73 Å². The Balaban J connectivity index is 2.01. The maximum atomic E-state index is 11.8. The van der Waals surface area contributed by atoms with Crippen LogP contribution in [-0.2, 0) is 6.54 Å². The molecule has 0 radical (unpaired) electrons. The zero-order valence-electron chi connectivity index (χ0n) is 8.68. The SMILES string of the molecule is Nc1nnc(CNC(=O)c2ccccc2Br)s1. The molecule has 0 aliphatic heterocycles.